The van der Waals surface area contributed by atoms with E-state index in [1.807, 2.05) is 0 Å². The number of amides is 1. The maximum absolute atomic E-state index is 13.8. The number of nitrogens with one attached hydrogen (secondary N) is 2. The maximum Gasteiger partial charge on any atom is 0.410 e. The van der Waals surface area contributed by atoms with Crippen molar-refractivity contribution in [1.29, 1.82) is 0 Å². The molecule has 0 saturated carbocycles. The summed E-state index contributed by atoms with van der Waals surface area (Å²) in [4.78, 5) is 12.5. The lowest BCUT2D eigenvalue weighted by atomic mass is 9.97. The summed E-state index contributed by atoms with van der Waals surface area (Å²) in [5.74, 6) is -0.304. The summed E-state index contributed by atoms with van der Waals surface area (Å²) in [6, 6.07) is 5.77. The van der Waals surface area contributed by atoms with Crippen molar-refractivity contribution in [2.75, 3.05) is 10.6 Å². The smallest absolute Gasteiger partial charge is 0.362 e. The van der Waals surface area contributed by atoms with Gasteiger partial charge >= 0.3 is 6.18 Å². The van der Waals surface area contributed by atoms with Gasteiger partial charge in [-0.05, 0) is 24.6 Å². The summed E-state index contributed by atoms with van der Waals surface area (Å²) >= 11 is 9.58. The summed E-state index contributed by atoms with van der Waals surface area (Å²) in [7, 11) is 0. The highest BCUT2D eigenvalue weighted by Gasteiger charge is 2.47. The molecule has 12 heteroatoms. The molecular formula is C18H14BrClF3N5O2. The fourth-order valence-electron chi connectivity index (χ4n) is 3.25. The molecule has 1 amide bonds. The molecule has 1 aliphatic heterocycles. The van der Waals surface area contributed by atoms with E-state index in [2.05, 4.69) is 36.8 Å². The molecule has 0 unspecified atom stereocenters. The molecule has 0 bridgehead atoms. The Balaban J connectivity index is 1.70. The van der Waals surface area contributed by atoms with E-state index in [4.69, 9.17) is 16.1 Å². The van der Waals surface area contributed by atoms with E-state index in [0.29, 0.717) is 11.3 Å². The average molecular weight is 505 g/mol. The van der Waals surface area contributed by atoms with Gasteiger partial charge in [0.25, 0.3) is 5.91 Å². The predicted octanol–water partition coefficient (Wildman–Crippen LogP) is 5.51. The number of rotatable bonds is 3. The number of aryl methyl sites for hydroxylation is 1. The zero-order valence-electron chi connectivity index (χ0n) is 15.3. The van der Waals surface area contributed by atoms with E-state index >= 15 is 0 Å². The molecule has 7 nitrogen and oxygen atoms in total. The van der Waals surface area contributed by atoms with Gasteiger partial charge in [-0.15, -0.1) is 0 Å². The van der Waals surface area contributed by atoms with Crippen LogP contribution in [0.3, 0.4) is 0 Å². The first kappa shape index (κ1) is 20.7. The molecule has 0 spiro atoms. The molecule has 0 fully saturated rings. The summed E-state index contributed by atoms with van der Waals surface area (Å²) in [6.45, 7) is 1.63. The number of hydrogen-bond acceptors (Lipinski definition) is 5. The summed E-state index contributed by atoms with van der Waals surface area (Å²) < 4.78 is 47.8. The average Bonchev–Trinajstić information content (AvgIpc) is 3.24. The Morgan fingerprint density at radius 3 is 2.67 bits per heavy atom. The Labute approximate surface area is 181 Å². The zero-order chi connectivity index (χ0) is 21.6. The Morgan fingerprint density at radius 1 is 1.37 bits per heavy atom. The minimum atomic E-state index is -4.59. The van der Waals surface area contributed by atoms with Crippen LogP contribution < -0.4 is 10.6 Å². The first-order valence-electron chi connectivity index (χ1n) is 8.75. The maximum atomic E-state index is 13.8. The minimum absolute atomic E-state index is 0.0698. The van der Waals surface area contributed by atoms with Crippen LogP contribution in [-0.2, 0) is 0 Å². The highest BCUT2D eigenvalue weighted by atomic mass is 79.9. The molecule has 158 valence electrons. The second-order valence-corrected chi connectivity index (χ2v) is 8.07. The summed E-state index contributed by atoms with van der Waals surface area (Å²) in [6.07, 6.45) is -4.89. The highest BCUT2D eigenvalue weighted by molar-refractivity contribution is 9.10. The van der Waals surface area contributed by atoms with Crippen molar-refractivity contribution < 1.29 is 22.5 Å². The number of benzene rings is 1. The van der Waals surface area contributed by atoms with Crippen molar-refractivity contribution in [2.45, 2.75) is 31.6 Å². The SMILES string of the molecule is Cc1cc(NC(=O)c2nn3c(c2Cl)N[C@@H](c2ccc(Br)cc2)C[C@H]3C(F)(F)F)no1. The Kier molecular flexibility index (Phi) is 5.27. The van der Waals surface area contributed by atoms with Gasteiger partial charge in [0.1, 0.15) is 16.6 Å². The third-order valence-electron chi connectivity index (χ3n) is 4.65. The van der Waals surface area contributed by atoms with Crippen molar-refractivity contribution in [3.05, 3.63) is 56.8 Å². The number of carbonyl (C=O) groups excluding carboxylic acids is 1. The van der Waals surface area contributed by atoms with E-state index in [-0.39, 0.29) is 28.8 Å². The third-order valence-corrected chi connectivity index (χ3v) is 5.54. The Hall–Kier alpha value is -2.53. The number of anilines is 2. The van der Waals surface area contributed by atoms with Crippen LogP contribution in [0.15, 0.2) is 39.3 Å². The lowest BCUT2D eigenvalue weighted by Crippen LogP contribution is -2.35. The van der Waals surface area contributed by atoms with Crippen LogP contribution in [0.25, 0.3) is 0 Å². The van der Waals surface area contributed by atoms with E-state index in [0.717, 1.165) is 9.15 Å². The molecule has 3 aromatic rings. The molecule has 3 heterocycles. The van der Waals surface area contributed by atoms with Gasteiger partial charge in [-0.2, -0.15) is 18.3 Å². The molecule has 2 aromatic heterocycles. The van der Waals surface area contributed by atoms with Crippen LogP contribution >= 0.6 is 27.5 Å². The van der Waals surface area contributed by atoms with Crippen molar-refractivity contribution in [3.8, 4) is 0 Å². The van der Waals surface area contributed by atoms with Gasteiger partial charge in [-0.3, -0.25) is 4.79 Å². The van der Waals surface area contributed by atoms with Gasteiger partial charge in [0.2, 0.25) is 0 Å². The topological polar surface area (TPSA) is 85.0 Å². The van der Waals surface area contributed by atoms with Crippen molar-refractivity contribution in [1.82, 2.24) is 14.9 Å². The molecule has 1 aliphatic rings. The van der Waals surface area contributed by atoms with E-state index in [1.165, 1.54) is 6.07 Å². The number of nitrogens with zero attached hydrogens (tertiary/aromatic N) is 3. The van der Waals surface area contributed by atoms with Crippen molar-refractivity contribution in [3.63, 3.8) is 0 Å². The van der Waals surface area contributed by atoms with Crippen LogP contribution in [0.2, 0.25) is 5.02 Å². The quantitative estimate of drug-likeness (QED) is 0.491. The molecule has 0 radical (unpaired) electrons. The molecule has 0 aliphatic carbocycles. The lowest BCUT2D eigenvalue weighted by Gasteiger charge is -2.33. The predicted molar refractivity (Wildman–Crippen MR) is 107 cm³/mol. The van der Waals surface area contributed by atoms with Gasteiger partial charge in [-0.25, -0.2) is 4.68 Å². The van der Waals surface area contributed by atoms with Crippen LogP contribution in [0.5, 0.6) is 0 Å². The number of halogens is 5. The molecule has 0 saturated heterocycles. The van der Waals surface area contributed by atoms with Gasteiger partial charge in [-0.1, -0.05) is 44.8 Å². The molecule has 30 heavy (non-hydrogen) atoms. The first-order chi connectivity index (χ1) is 14.1. The standard InChI is InChI=1S/C18H14BrClF3N5O2/c1-8-6-13(27-30-8)25-17(29)15-14(20)16-24-11(9-2-4-10(19)5-3-9)7-12(18(21,22)23)28(16)26-15/h2-6,11-12,24H,7H2,1H3,(H,25,27,29)/t11-,12+/m1/s1. The molecule has 4 rings (SSSR count). The number of hydrogen-bond donors (Lipinski definition) is 2. The van der Waals surface area contributed by atoms with E-state index in [9.17, 15) is 18.0 Å². The Bertz CT molecular complexity index is 1100. The van der Waals surface area contributed by atoms with Crippen LogP contribution in [0, 0.1) is 6.92 Å². The highest BCUT2D eigenvalue weighted by Crippen LogP contribution is 2.46. The number of fused-ring (bicyclic) bond motifs is 1. The zero-order valence-corrected chi connectivity index (χ0v) is 17.6. The van der Waals surface area contributed by atoms with Gasteiger partial charge < -0.3 is 15.2 Å². The molecular weight excluding hydrogens is 491 g/mol. The second-order valence-electron chi connectivity index (χ2n) is 6.77. The number of aromatic nitrogens is 3. The molecule has 2 atom stereocenters. The monoisotopic (exact) mass is 503 g/mol. The number of alkyl halides is 3. The largest absolute Gasteiger partial charge is 0.410 e. The number of carbonyl (C=O) groups is 1. The van der Waals surface area contributed by atoms with Crippen LogP contribution in [0.4, 0.5) is 24.8 Å². The second kappa shape index (κ2) is 7.62. The summed E-state index contributed by atoms with van der Waals surface area (Å²) in [5.41, 5.74) is 0.311. The lowest BCUT2D eigenvalue weighted by molar-refractivity contribution is -0.173. The van der Waals surface area contributed by atoms with Crippen LogP contribution in [0.1, 0.15) is 40.3 Å². The molecule has 1 aromatic carbocycles. The van der Waals surface area contributed by atoms with E-state index in [1.54, 1.807) is 31.2 Å². The summed E-state index contributed by atoms with van der Waals surface area (Å²) in [5, 5.41) is 12.7. The van der Waals surface area contributed by atoms with Crippen LogP contribution in [-0.4, -0.2) is 27.0 Å². The Morgan fingerprint density at radius 2 is 2.07 bits per heavy atom. The fourth-order valence-corrected chi connectivity index (χ4v) is 3.78. The first-order valence-corrected chi connectivity index (χ1v) is 9.92. The van der Waals surface area contributed by atoms with Crippen molar-refractivity contribution >= 4 is 45.1 Å². The van der Waals surface area contributed by atoms with E-state index < -0.39 is 24.2 Å². The van der Waals surface area contributed by atoms with Gasteiger partial charge in [0.05, 0.1) is 6.04 Å². The normalized spacial score (nSPS) is 18.6. The third kappa shape index (κ3) is 3.91. The minimum Gasteiger partial charge on any atom is -0.362 e. The fraction of sp³-hybridized carbons (Fsp3) is 0.278. The van der Waals surface area contributed by atoms with Gasteiger partial charge in [0, 0.05) is 17.0 Å². The van der Waals surface area contributed by atoms with Gasteiger partial charge in [0.15, 0.2) is 17.6 Å². The van der Waals surface area contributed by atoms with Crippen molar-refractivity contribution in [2.24, 2.45) is 0 Å². The molecule has 2 N–H and O–H groups in total.